The fourth-order valence-corrected chi connectivity index (χ4v) is 4.14. The smallest absolute Gasteiger partial charge is 0.427 e. The van der Waals surface area contributed by atoms with Gasteiger partial charge in [-0.15, -0.1) is 0 Å². The van der Waals surface area contributed by atoms with Crippen LogP contribution in [-0.2, 0) is 20.5 Å². The summed E-state index contributed by atoms with van der Waals surface area (Å²) in [6.07, 6.45) is 5.25. The standard InChI is InChI=1S/C21H22F2N4O3/c1-27(18(28)20(8-4-9-20)16-14(22)6-2-12-24-16)26-19(29)30-21(10-5-11-21)17-15(23)7-3-13-25-17/h2-3,6-7,12-13H,4-5,8-11H2,1H3,(H,26,29). The number of carbonyl (C=O) groups is 2. The van der Waals surface area contributed by atoms with E-state index in [9.17, 15) is 18.4 Å². The van der Waals surface area contributed by atoms with E-state index in [1.165, 1.54) is 43.7 Å². The number of hydrazine groups is 1. The molecular weight excluding hydrogens is 394 g/mol. The van der Waals surface area contributed by atoms with Crippen LogP contribution >= 0.6 is 0 Å². The number of hydrogen-bond acceptors (Lipinski definition) is 5. The minimum Gasteiger partial charge on any atom is -0.435 e. The maximum Gasteiger partial charge on any atom is 0.427 e. The van der Waals surface area contributed by atoms with Gasteiger partial charge in [-0.25, -0.2) is 19.0 Å². The molecule has 2 aromatic rings. The van der Waals surface area contributed by atoms with Crippen LogP contribution in [0.5, 0.6) is 0 Å². The lowest BCUT2D eigenvalue weighted by Crippen LogP contribution is -2.56. The fourth-order valence-electron chi connectivity index (χ4n) is 4.14. The van der Waals surface area contributed by atoms with Crippen LogP contribution < -0.4 is 5.43 Å². The molecule has 7 nitrogen and oxygen atoms in total. The molecule has 0 aliphatic heterocycles. The maximum absolute atomic E-state index is 14.3. The van der Waals surface area contributed by atoms with Gasteiger partial charge in [0.15, 0.2) is 5.60 Å². The van der Waals surface area contributed by atoms with Gasteiger partial charge in [0.2, 0.25) is 0 Å². The number of aromatic nitrogens is 2. The Labute approximate surface area is 172 Å². The third-order valence-corrected chi connectivity index (χ3v) is 6.03. The van der Waals surface area contributed by atoms with Crippen LogP contribution in [0.15, 0.2) is 36.7 Å². The lowest BCUT2D eigenvalue weighted by Gasteiger charge is -2.43. The Morgan fingerprint density at radius 2 is 1.57 bits per heavy atom. The van der Waals surface area contributed by atoms with Crippen molar-refractivity contribution in [3.8, 4) is 0 Å². The van der Waals surface area contributed by atoms with Gasteiger partial charge in [0.25, 0.3) is 5.91 Å². The second-order valence-electron chi connectivity index (χ2n) is 7.82. The summed E-state index contributed by atoms with van der Waals surface area (Å²) in [6, 6.07) is 5.45. The highest BCUT2D eigenvalue weighted by atomic mass is 19.1. The molecule has 0 bridgehead atoms. The highest BCUT2D eigenvalue weighted by Crippen LogP contribution is 2.46. The maximum atomic E-state index is 14.3. The largest absolute Gasteiger partial charge is 0.435 e. The van der Waals surface area contributed by atoms with Gasteiger partial charge < -0.3 is 4.74 Å². The summed E-state index contributed by atoms with van der Waals surface area (Å²) in [5.41, 5.74) is 0.263. The molecule has 158 valence electrons. The number of rotatable bonds is 4. The second-order valence-corrected chi connectivity index (χ2v) is 7.82. The molecule has 2 aliphatic rings. The first-order chi connectivity index (χ1) is 14.4. The van der Waals surface area contributed by atoms with Crippen LogP contribution in [0, 0.1) is 11.6 Å². The number of amides is 2. The Hall–Kier alpha value is -3.10. The van der Waals surface area contributed by atoms with Crippen LogP contribution in [0.1, 0.15) is 49.9 Å². The van der Waals surface area contributed by atoms with Crippen LogP contribution in [-0.4, -0.2) is 34.0 Å². The number of ether oxygens (including phenoxy) is 1. The number of nitrogens with zero attached hydrogens (tertiary/aromatic N) is 3. The first-order valence-electron chi connectivity index (χ1n) is 9.88. The summed E-state index contributed by atoms with van der Waals surface area (Å²) in [5.74, 6) is -1.58. The van der Waals surface area contributed by atoms with Crippen LogP contribution in [0.2, 0.25) is 0 Å². The Morgan fingerprint density at radius 3 is 2.03 bits per heavy atom. The van der Waals surface area contributed by atoms with Crippen molar-refractivity contribution in [3.05, 3.63) is 59.7 Å². The molecule has 1 N–H and O–H groups in total. The van der Waals surface area contributed by atoms with Gasteiger partial charge in [0, 0.05) is 19.4 Å². The highest BCUT2D eigenvalue weighted by Gasteiger charge is 2.51. The molecule has 2 aromatic heterocycles. The van der Waals surface area contributed by atoms with Gasteiger partial charge in [0.1, 0.15) is 17.3 Å². The summed E-state index contributed by atoms with van der Waals surface area (Å²) < 4.78 is 34.0. The van der Waals surface area contributed by atoms with Crippen LogP contribution in [0.3, 0.4) is 0 Å². The van der Waals surface area contributed by atoms with Crippen molar-refractivity contribution in [2.24, 2.45) is 0 Å². The van der Waals surface area contributed by atoms with Crippen molar-refractivity contribution in [1.82, 2.24) is 20.4 Å². The summed E-state index contributed by atoms with van der Waals surface area (Å²) in [7, 11) is 1.37. The topological polar surface area (TPSA) is 84.4 Å². The molecule has 9 heteroatoms. The second kappa shape index (κ2) is 7.62. The number of nitrogens with one attached hydrogen (secondary N) is 1. The summed E-state index contributed by atoms with van der Waals surface area (Å²) in [4.78, 5) is 33.7. The highest BCUT2D eigenvalue weighted by molar-refractivity contribution is 5.89. The van der Waals surface area contributed by atoms with E-state index in [1.807, 2.05) is 0 Å². The van der Waals surface area contributed by atoms with Crippen LogP contribution in [0.4, 0.5) is 13.6 Å². The zero-order chi connectivity index (χ0) is 21.4. The molecule has 2 heterocycles. The minimum atomic E-state index is -1.15. The molecule has 30 heavy (non-hydrogen) atoms. The molecule has 0 spiro atoms. The number of pyridine rings is 2. The number of hydrogen-bond donors (Lipinski definition) is 1. The Morgan fingerprint density at radius 1 is 1.00 bits per heavy atom. The van der Waals surface area contributed by atoms with Crippen molar-refractivity contribution in [3.63, 3.8) is 0 Å². The predicted octanol–water partition coefficient (Wildman–Crippen LogP) is 3.36. The number of halogens is 2. The van der Waals surface area contributed by atoms with E-state index in [0.29, 0.717) is 25.7 Å². The predicted molar refractivity (Wildman–Crippen MR) is 102 cm³/mol. The Kier molecular flexibility index (Phi) is 5.13. The van der Waals surface area contributed by atoms with Crippen molar-refractivity contribution in [2.75, 3.05) is 7.05 Å². The van der Waals surface area contributed by atoms with Crippen molar-refractivity contribution < 1.29 is 23.1 Å². The zero-order valence-electron chi connectivity index (χ0n) is 16.5. The molecule has 0 unspecified atom stereocenters. The molecule has 0 atom stereocenters. The molecule has 0 aromatic carbocycles. The SMILES string of the molecule is CN(NC(=O)OC1(c2ncccc2F)CCC1)C(=O)C1(c2ncccc2F)CCC1. The number of carbonyl (C=O) groups excluding carboxylic acids is 2. The normalized spacial score (nSPS) is 18.5. The average Bonchev–Trinajstić information content (AvgIpc) is 2.66. The minimum absolute atomic E-state index is 0.0754. The van der Waals surface area contributed by atoms with Gasteiger partial charge in [-0.2, -0.15) is 0 Å². The number of likely N-dealkylation sites (N-methyl/N-ethyl adjacent to an activating group) is 1. The molecular formula is C21H22F2N4O3. The molecule has 2 fully saturated rings. The lowest BCUT2D eigenvalue weighted by molar-refractivity contribution is -0.143. The van der Waals surface area contributed by atoms with E-state index in [0.717, 1.165) is 17.9 Å². The van der Waals surface area contributed by atoms with E-state index < -0.39 is 34.7 Å². The summed E-state index contributed by atoms with van der Waals surface area (Å²) in [5, 5.41) is 0.997. The summed E-state index contributed by atoms with van der Waals surface area (Å²) in [6.45, 7) is 0. The van der Waals surface area contributed by atoms with E-state index in [-0.39, 0.29) is 11.4 Å². The van der Waals surface area contributed by atoms with E-state index in [2.05, 4.69) is 15.4 Å². The van der Waals surface area contributed by atoms with Crippen molar-refractivity contribution in [1.29, 1.82) is 0 Å². The third kappa shape index (κ3) is 3.28. The average molecular weight is 416 g/mol. The molecule has 2 saturated carbocycles. The zero-order valence-corrected chi connectivity index (χ0v) is 16.5. The monoisotopic (exact) mass is 416 g/mol. The lowest BCUT2D eigenvalue weighted by atomic mass is 9.65. The van der Waals surface area contributed by atoms with Gasteiger partial charge in [-0.3, -0.25) is 19.8 Å². The van der Waals surface area contributed by atoms with Crippen LogP contribution in [0.25, 0.3) is 0 Å². The van der Waals surface area contributed by atoms with Crippen molar-refractivity contribution >= 4 is 12.0 Å². The van der Waals surface area contributed by atoms with Gasteiger partial charge in [-0.05, 0) is 56.4 Å². The molecule has 2 amide bonds. The molecule has 0 radical (unpaired) electrons. The summed E-state index contributed by atoms with van der Waals surface area (Å²) >= 11 is 0. The van der Waals surface area contributed by atoms with Gasteiger partial charge >= 0.3 is 6.09 Å². The first-order valence-corrected chi connectivity index (χ1v) is 9.88. The Bertz CT molecular complexity index is 976. The molecule has 0 saturated heterocycles. The van der Waals surface area contributed by atoms with E-state index >= 15 is 0 Å². The molecule has 2 aliphatic carbocycles. The first kappa shape index (κ1) is 20.2. The van der Waals surface area contributed by atoms with Gasteiger partial charge in [-0.1, -0.05) is 6.42 Å². The van der Waals surface area contributed by atoms with E-state index in [4.69, 9.17) is 4.74 Å². The quantitative estimate of drug-likeness (QED) is 0.773. The Balaban J connectivity index is 1.48. The van der Waals surface area contributed by atoms with Crippen molar-refractivity contribution in [2.45, 2.75) is 49.5 Å². The van der Waals surface area contributed by atoms with Gasteiger partial charge in [0.05, 0.1) is 11.1 Å². The fraction of sp³-hybridized carbons (Fsp3) is 0.429. The third-order valence-electron chi connectivity index (χ3n) is 6.03. The van der Waals surface area contributed by atoms with E-state index in [1.54, 1.807) is 0 Å². The molecule has 4 rings (SSSR count).